The van der Waals surface area contributed by atoms with Gasteiger partial charge in [0, 0.05) is 43.1 Å². The van der Waals surface area contributed by atoms with Crippen molar-refractivity contribution in [2.45, 2.75) is 0 Å². The molecule has 0 atom stereocenters. The van der Waals surface area contributed by atoms with Gasteiger partial charge in [-0.1, -0.05) is 0 Å². The molecular formula is C21H22N4O5. The zero-order chi connectivity index (χ0) is 21.7. The summed E-state index contributed by atoms with van der Waals surface area (Å²) in [5.74, 6) is 0.0716. The number of non-ortho nitro benzene ring substituents is 1. The lowest BCUT2D eigenvalue weighted by molar-refractivity contribution is -0.384. The van der Waals surface area contributed by atoms with E-state index in [1.165, 1.54) is 18.2 Å². The summed E-state index contributed by atoms with van der Waals surface area (Å²) >= 11 is 0. The van der Waals surface area contributed by atoms with E-state index < -0.39 is 4.92 Å². The summed E-state index contributed by atoms with van der Waals surface area (Å²) in [5.41, 5.74) is 1.87. The fourth-order valence-electron chi connectivity index (χ4n) is 2.89. The monoisotopic (exact) mass is 410 g/mol. The van der Waals surface area contributed by atoms with E-state index in [-0.39, 0.29) is 24.1 Å². The Morgan fingerprint density at radius 1 is 1.27 bits per heavy atom. The number of amides is 2. The zero-order valence-electron chi connectivity index (χ0n) is 16.7. The number of benzene rings is 2. The molecule has 0 bridgehead atoms. The first-order valence-electron chi connectivity index (χ1n) is 9.29. The van der Waals surface area contributed by atoms with Crippen molar-refractivity contribution in [3.63, 3.8) is 0 Å². The molecule has 1 N–H and O–H groups in total. The number of hydrogen-bond donors (Lipinski definition) is 1. The number of nitro groups is 1. The third kappa shape index (κ3) is 5.21. The number of fused-ring (bicyclic) bond motifs is 1. The number of nitrogens with zero attached hydrogens (tertiary/aromatic N) is 3. The molecule has 9 heteroatoms. The number of likely N-dealkylation sites (N-methyl/N-ethyl adjacent to an activating group) is 1. The SMILES string of the molecule is CN(C)CCN1C(=O)COc2cc(NC(=O)/C=C/c3ccc([N+](=O)[O-])cc3)ccc21. The predicted molar refractivity (Wildman–Crippen MR) is 114 cm³/mol. The highest BCUT2D eigenvalue weighted by molar-refractivity contribution is 6.03. The Bertz CT molecular complexity index is 985. The number of carbonyl (C=O) groups is 2. The van der Waals surface area contributed by atoms with E-state index in [4.69, 9.17) is 4.74 Å². The number of rotatable bonds is 7. The summed E-state index contributed by atoms with van der Waals surface area (Å²) in [7, 11) is 3.88. The maximum Gasteiger partial charge on any atom is 0.269 e. The minimum atomic E-state index is -0.479. The first-order chi connectivity index (χ1) is 14.3. The molecule has 0 radical (unpaired) electrons. The Morgan fingerprint density at radius 3 is 2.67 bits per heavy atom. The van der Waals surface area contributed by atoms with Crippen LogP contribution in [-0.4, -0.2) is 55.4 Å². The first kappa shape index (κ1) is 21.0. The molecule has 2 amide bonds. The van der Waals surface area contributed by atoms with Crippen LogP contribution in [-0.2, 0) is 9.59 Å². The number of hydrogen-bond acceptors (Lipinski definition) is 6. The van der Waals surface area contributed by atoms with Crippen molar-refractivity contribution in [2.24, 2.45) is 0 Å². The molecule has 2 aromatic rings. The molecule has 0 saturated carbocycles. The molecule has 1 aliphatic heterocycles. The second kappa shape index (κ2) is 9.19. The molecule has 0 saturated heterocycles. The normalized spacial score (nSPS) is 13.3. The van der Waals surface area contributed by atoms with E-state index in [1.807, 2.05) is 19.0 Å². The Balaban J connectivity index is 1.66. The van der Waals surface area contributed by atoms with Crippen LogP contribution in [0.5, 0.6) is 5.75 Å². The van der Waals surface area contributed by atoms with Crippen molar-refractivity contribution in [1.82, 2.24) is 4.90 Å². The van der Waals surface area contributed by atoms with Gasteiger partial charge in [0.1, 0.15) is 5.75 Å². The van der Waals surface area contributed by atoms with Crippen LogP contribution in [0, 0.1) is 10.1 Å². The summed E-state index contributed by atoms with van der Waals surface area (Å²) in [6.07, 6.45) is 2.91. The molecule has 0 spiro atoms. The number of nitrogens with one attached hydrogen (secondary N) is 1. The molecule has 2 aromatic carbocycles. The van der Waals surface area contributed by atoms with Crippen molar-refractivity contribution in [3.05, 3.63) is 64.2 Å². The molecule has 156 valence electrons. The minimum absolute atomic E-state index is 0.0104. The van der Waals surface area contributed by atoms with Crippen LogP contribution in [0.4, 0.5) is 17.1 Å². The van der Waals surface area contributed by atoms with Crippen LogP contribution in [0.1, 0.15) is 5.56 Å². The molecule has 1 aliphatic rings. The van der Waals surface area contributed by atoms with Gasteiger partial charge in [-0.3, -0.25) is 19.7 Å². The number of nitro benzene ring substituents is 1. The zero-order valence-corrected chi connectivity index (χ0v) is 16.7. The lowest BCUT2D eigenvalue weighted by Crippen LogP contribution is -2.42. The topological polar surface area (TPSA) is 105 Å². The molecule has 1 heterocycles. The second-order valence-corrected chi connectivity index (χ2v) is 6.99. The van der Waals surface area contributed by atoms with Crippen LogP contribution >= 0.6 is 0 Å². The minimum Gasteiger partial charge on any atom is -0.481 e. The summed E-state index contributed by atoms with van der Waals surface area (Å²) in [4.78, 5) is 38.3. The van der Waals surface area contributed by atoms with Gasteiger partial charge in [0.25, 0.3) is 11.6 Å². The van der Waals surface area contributed by atoms with Crippen LogP contribution in [0.2, 0.25) is 0 Å². The first-order valence-corrected chi connectivity index (χ1v) is 9.29. The lowest BCUT2D eigenvalue weighted by Gasteiger charge is -2.30. The highest BCUT2D eigenvalue weighted by atomic mass is 16.6. The third-order valence-electron chi connectivity index (χ3n) is 4.47. The standard InChI is InChI=1S/C21H22N4O5/c1-23(2)11-12-24-18-9-6-16(13-19(18)30-14-21(24)27)22-20(26)10-5-15-3-7-17(8-4-15)25(28)29/h3-10,13H,11-12,14H2,1-2H3,(H,22,26)/b10-5+. The van der Waals surface area contributed by atoms with Crippen LogP contribution < -0.4 is 15.0 Å². The Labute approximate surface area is 173 Å². The van der Waals surface area contributed by atoms with Crippen molar-refractivity contribution < 1.29 is 19.2 Å². The number of ether oxygens (including phenoxy) is 1. The second-order valence-electron chi connectivity index (χ2n) is 6.99. The van der Waals surface area contributed by atoms with E-state index in [2.05, 4.69) is 5.32 Å². The molecular weight excluding hydrogens is 388 g/mol. The third-order valence-corrected chi connectivity index (χ3v) is 4.47. The van der Waals surface area contributed by atoms with Crippen LogP contribution in [0.3, 0.4) is 0 Å². The van der Waals surface area contributed by atoms with Gasteiger partial charge in [0.15, 0.2) is 6.61 Å². The molecule has 0 aromatic heterocycles. The summed E-state index contributed by atoms with van der Waals surface area (Å²) in [5, 5.41) is 13.4. The number of anilines is 2. The van der Waals surface area contributed by atoms with Gasteiger partial charge in [-0.15, -0.1) is 0 Å². The maximum atomic E-state index is 12.2. The average Bonchev–Trinajstić information content (AvgIpc) is 2.71. The van der Waals surface area contributed by atoms with Gasteiger partial charge >= 0.3 is 0 Å². The van der Waals surface area contributed by atoms with Gasteiger partial charge in [-0.2, -0.15) is 0 Å². The Kier molecular flexibility index (Phi) is 6.43. The van der Waals surface area contributed by atoms with Crippen molar-refractivity contribution >= 4 is 35.0 Å². The largest absolute Gasteiger partial charge is 0.481 e. The maximum absolute atomic E-state index is 12.2. The fraction of sp³-hybridized carbons (Fsp3) is 0.238. The highest BCUT2D eigenvalue weighted by Crippen LogP contribution is 2.34. The van der Waals surface area contributed by atoms with Crippen LogP contribution in [0.15, 0.2) is 48.5 Å². The van der Waals surface area contributed by atoms with Gasteiger partial charge in [-0.25, -0.2) is 0 Å². The predicted octanol–water partition coefficient (Wildman–Crippen LogP) is 2.53. The van der Waals surface area contributed by atoms with E-state index in [1.54, 1.807) is 41.3 Å². The van der Waals surface area contributed by atoms with Gasteiger partial charge in [0.05, 0.1) is 10.6 Å². The van der Waals surface area contributed by atoms with Crippen molar-refractivity contribution in [1.29, 1.82) is 0 Å². The quantitative estimate of drug-likeness (QED) is 0.427. The Morgan fingerprint density at radius 2 is 2.00 bits per heavy atom. The summed E-state index contributed by atoms with van der Waals surface area (Å²) < 4.78 is 5.53. The van der Waals surface area contributed by atoms with Gasteiger partial charge in [-0.05, 0) is 50.0 Å². The van der Waals surface area contributed by atoms with Gasteiger partial charge < -0.3 is 19.9 Å². The molecule has 0 fully saturated rings. The lowest BCUT2D eigenvalue weighted by atomic mass is 10.2. The fourth-order valence-corrected chi connectivity index (χ4v) is 2.89. The molecule has 9 nitrogen and oxygen atoms in total. The highest BCUT2D eigenvalue weighted by Gasteiger charge is 2.25. The van der Waals surface area contributed by atoms with Crippen LogP contribution in [0.25, 0.3) is 6.08 Å². The summed E-state index contributed by atoms with van der Waals surface area (Å²) in [6.45, 7) is 1.22. The van der Waals surface area contributed by atoms with E-state index in [0.29, 0.717) is 29.2 Å². The summed E-state index contributed by atoms with van der Waals surface area (Å²) in [6, 6.07) is 11.0. The smallest absolute Gasteiger partial charge is 0.269 e. The molecule has 30 heavy (non-hydrogen) atoms. The Hall–Kier alpha value is -3.72. The number of carbonyl (C=O) groups excluding carboxylic acids is 2. The average molecular weight is 410 g/mol. The van der Waals surface area contributed by atoms with Gasteiger partial charge in [0.2, 0.25) is 5.91 Å². The van der Waals surface area contributed by atoms with E-state index >= 15 is 0 Å². The van der Waals surface area contributed by atoms with E-state index in [9.17, 15) is 19.7 Å². The molecule has 0 aliphatic carbocycles. The van der Waals surface area contributed by atoms with Crippen molar-refractivity contribution in [3.8, 4) is 5.75 Å². The molecule has 0 unspecified atom stereocenters. The van der Waals surface area contributed by atoms with Crippen molar-refractivity contribution in [2.75, 3.05) is 44.0 Å². The van der Waals surface area contributed by atoms with E-state index in [0.717, 1.165) is 6.54 Å². The molecule has 3 rings (SSSR count).